The Morgan fingerprint density at radius 2 is 2.05 bits per heavy atom. The lowest BCUT2D eigenvalue weighted by Gasteiger charge is -2.23. The summed E-state index contributed by atoms with van der Waals surface area (Å²) in [7, 11) is 0. The molecule has 1 atom stereocenters. The number of carbonyl (C=O) groups excluding carboxylic acids is 2. The van der Waals surface area contributed by atoms with Gasteiger partial charge in [-0.15, -0.1) is 0 Å². The molecular weight excluding hydrogens is 264 g/mol. The Kier molecular flexibility index (Phi) is 3.32. The van der Waals surface area contributed by atoms with Gasteiger partial charge in [0.15, 0.2) is 0 Å². The van der Waals surface area contributed by atoms with Crippen LogP contribution in [0, 0.1) is 6.92 Å². The third-order valence-electron chi connectivity index (χ3n) is 4.27. The monoisotopic (exact) mass is 284 g/mol. The van der Waals surface area contributed by atoms with E-state index in [1.807, 2.05) is 10.8 Å². The molecule has 0 radical (unpaired) electrons. The van der Waals surface area contributed by atoms with Gasteiger partial charge in [0.2, 0.25) is 11.8 Å². The topological polar surface area (TPSA) is 51.1 Å². The van der Waals surface area contributed by atoms with Gasteiger partial charge in [0.1, 0.15) is 6.04 Å². The molecule has 2 aromatic rings. The molecule has 4 heteroatoms. The van der Waals surface area contributed by atoms with Gasteiger partial charge in [-0.3, -0.25) is 14.9 Å². The molecule has 1 saturated heterocycles. The predicted molar refractivity (Wildman–Crippen MR) is 82.2 cm³/mol. The molecule has 110 valence electrons. The van der Waals surface area contributed by atoms with Gasteiger partial charge in [-0.25, -0.2) is 0 Å². The predicted octanol–water partition coefficient (Wildman–Crippen LogP) is 3.05. The molecular formula is C17H20N2O2. The molecule has 0 bridgehead atoms. The molecule has 1 aliphatic heterocycles. The van der Waals surface area contributed by atoms with Crippen molar-refractivity contribution in [3.8, 4) is 0 Å². The number of imide groups is 1. The van der Waals surface area contributed by atoms with Gasteiger partial charge >= 0.3 is 0 Å². The Bertz CT molecular complexity index is 728. The summed E-state index contributed by atoms with van der Waals surface area (Å²) in [6.45, 7) is 6.41. The third kappa shape index (κ3) is 2.35. The van der Waals surface area contributed by atoms with Crippen molar-refractivity contribution < 1.29 is 9.59 Å². The van der Waals surface area contributed by atoms with Crippen molar-refractivity contribution in [3.63, 3.8) is 0 Å². The van der Waals surface area contributed by atoms with E-state index in [-0.39, 0.29) is 17.9 Å². The van der Waals surface area contributed by atoms with E-state index in [0.29, 0.717) is 18.8 Å². The lowest BCUT2D eigenvalue weighted by Crippen LogP contribution is -2.41. The van der Waals surface area contributed by atoms with Crippen LogP contribution < -0.4 is 5.32 Å². The minimum Gasteiger partial charge on any atom is -0.335 e. The van der Waals surface area contributed by atoms with Crippen molar-refractivity contribution in [3.05, 3.63) is 35.5 Å². The van der Waals surface area contributed by atoms with Crippen LogP contribution in [0.5, 0.6) is 0 Å². The summed E-state index contributed by atoms with van der Waals surface area (Å²) in [5.74, 6) is 0.107. The number of rotatable bonds is 2. The Balaban J connectivity index is 2.08. The van der Waals surface area contributed by atoms with Gasteiger partial charge in [-0.05, 0) is 42.5 Å². The Labute approximate surface area is 124 Å². The largest absolute Gasteiger partial charge is 0.335 e. The van der Waals surface area contributed by atoms with Crippen LogP contribution in [0.2, 0.25) is 0 Å². The van der Waals surface area contributed by atoms with Gasteiger partial charge in [0.05, 0.1) is 0 Å². The minimum absolute atomic E-state index is 0.175. The first-order valence-corrected chi connectivity index (χ1v) is 7.42. The molecule has 4 nitrogen and oxygen atoms in total. The molecule has 1 aromatic carbocycles. The molecule has 1 aliphatic rings. The van der Waals surface area contributed by atoms with E-state index in [2.05, 4.69) is 44.3 Å². The summed E-state index contributed by atoms with van der Waals surface area (Å²) in [6, 6.07) is 6.12. The first-order valence-electron chi connectivity index (χ1n) is 7.42. The van der Waals surface area contributed by atoms with E-state index in [9.17, 15) is 9.59 Å². The van der Waals surface area contributed by atoms with Crippen LogP contribution in [0.15, 0.2) is 24.4 Å². The molecule has 2 heterocycles. The van der Waals surface area contributed by atoms with Crippen molar-refractivity contribution in [1.82, 2.24) is 9.88 Å². The average Bonchev–Trinajstić information content (AvgIpc) is 2.75. The second-order valence-corrected chi connectivity index (χ2v) is 6.12. The minimum atomic E-state index is -0.288. The summed E-state index contributed by atoms with van der Waals surface area (Å²) >= 11 is 0. The van der Waals surface area contributed by atoms with E-state index in [1.54, 1.807) is 0 Å². The fourth-order valence-electron chi connectivity index (χ4n) is 3.01. The number of piperidine rings is 1. The first-order chi connectivity index (χ1) is 9.97. The highest BCUT2D eigenvalue weighted by Crippen LogP contribution is 2.30. The van der Waals surface area contributed by atoms with E-state index in [1.165, 1.54) is 10.9 Å². The number of carbonyl (C=O) groups is 2. The zero-order chi connectivity index (χ0) is 15.1. The number of aromatic nitrogens is 1. The standard InChI is InChI=1S/C17H20N2O2/c1-10(2)12-4-5-14-13(8-12)11(3)9-19(14)15-6-7-16(20)18-17(15)21/h4-5,8-10,15H,6-7H2,1-3H3,(H,18,20,21). The van der Waals surface area contributed by atoms with Crippen molar-refractivity contribution in [2.24, 2.45) is 0 Å². The molecule has 1 aromatic heterocycles. The van der Waals surface area contributed by atoms with Crippen molar-refractivity contribution in [2.75, 3.05) is 0 Å². The number of aryl methyl sites for hydroxylation is 1. The maximum atomic E-state index is 12.1. The van der Waals surface area contributed by atoms with Crippen molar-refractivity contribution >= 4 is 22.7 Å². The van der Waals surface area contributed by atoms with Crippen LogP contribution in [0.3, 0.4) is 0 Å². The Morgan fingerprint density at radius 1 is 1.29 bits per heavy atom. The van der Waals surface area contributed by atoms with Gasteiger partial charge in [-0.1, -0.05) is 19.9 Å². The number of hydrogen-bond donors (Lipinski definition) is 1. The fraction of sp³-hybridized carbons (Fsp3) is 0.412. The summed E-state index contributed by atoms with van der Waals surface area (Å²) in [6.07, 6.45) is 2.99. The molecule has 0 aliphatic carbocycles. The Morgan fingerprint density at radius 3 is 2.71 bits per heavy atom. The molecule has 2 amide bonds. The fourth-order valence-corrected chi connectivity index (χ4v) is 3.01. The number of hydrogen-bond acceptors (Lipinski definition) is 2. The summed E-state index contributed by atoms with van der Waals surface area (Å²) in [5, 5.41) is 3.62. The molecule has 0 spiro atoms. The average molecular weight is 284 g/mol. The van der Waals surface area contributed by atoms with E-state index >= 15 is 0 Å². The lowest BCUT2D eigenvalue weighted by atomic mass is 10.0. The maximum absolute atomic E-state index is 12.1. The zero-order valence-corrected chi connectivity index (χ0v) is 12.6. The zero-order valence-electron chi connectivity index (χ0n) is 12.6. The number of amides is 2. The summed E-state index contributed by atoms with van der Waals surface area (Å²) < 4.78 is 2.01. The van der Waals surface area contributed by atoms with Crippen LogP contribution in [0.1, 0.15) is 49.8 Å². The molecule has 0 saturated carbocycles. The highest BCUT2D eigenvalue weighted by molar-refractivity contribution is 6.00. The van der Waals surface area contributed by atoms with Crippen LogP contribution >= 0.6 is 0 Å². The van der Waals surface area contributed by atoms with Gasteiger partial charge < -0.3 is 4.57 Å². The second kappa shape index (κ2) is 5.02. The quantitative estimate of drug-likeness (QED) is 0.862. The smallest absolute Gasteiger partial charge is 0.249 e. The van der Waals surface area contributed by atoms with Crippen molar-refractivity contribution in [2.45, 2.75) is 45.6 Å². The third-order valence-corrected chi connectivity index (χ3v) is 4.27. The van der Waals surface area contributed by atoms with Crippen molar-refractivity contribution in [1.29, 1.82) is 0 Å². The van der Waals surface area contributed by atoms with Crippen LogP contribution in [-0.4, -0.2) is 16.4 Å². The van der Waals surface area contributed by atoms with E-state index < -0.39 is 0 Å². The number of fused-ring (bicyclic) bond motifs is 1. The molecule has 21 heavy (non-hydrogen) atoms. The van der Waals surface area contributed by atoms with Crippen LogP contribution in [0.4, 0.5) is 0 Å². The van der Waals surface area contributed by atoms with Gasteiger partial charge in [0.25, 0.3) is 0 Å². The summed E-state index contributed by atoms with van der Waals surface area (Å²) in [4.78, 5) is 23.4. The SMILES string of the molecule is Cc1cn(C2CCC(=O)NC2=O)c2ccc(C(C)C)cc12. The number of nitrogens with one attached hydrogen (secondary N) is 1. The van der Waals surface area contributed by atoms with Crippen LogP contribution in [-0.2, 0) is 9.59 Å². The second-order valence-electron chi connectivity index (χ2n) is 6.12. The molecule has 3 rings (SSSR count). The first kappa shape index (κ1) is 13.9. The molecule has 1 N–H and O–H groups in total. The highest BCUT2D eigenvalue weighted by Gasteiger charge is 2.29. The van der Waals surface area contributed by atoms with E-state index in [0.717, 1.165) is 11.1 Å². The highest BCUT2D eigenvalue weighted by atomic mass is 16.2. The van der Waals surface area contributed by atoms with Gasteiger partial charge in [-0.2, -0.15) is 0 Å². The number of nitrogens with zero attached hydrogens (tertiary/aromatic N) is 1. The molecule has 1 fully saturated rings. The normalized spacial score (nSPS) is 19.3. The summed E-state index contributed by atoms with van der Waals surface area (Å²) in [5.41, 5.74) is 3.52. The van der Waals surface area contributed by atoms with Crippen LogP contribution in [0.25, 0.3) is 10.9 Å². The van der Waals surface area contributed by atoms with Gasteiger partial charge in [0, 0.05) is 23.5 Å². The maximum Gasteiger partial charge on any atom is 0.249 e. The molecule has 1 unspecified atom stereocenters. The lowest BCUT2D eigenvalue weighted by molar-refractivity contribution is -0.135. The van der Waals surface area contributed by atoms with E-state index in [4.69, 9.17) is 0 Å². The number of benzene rings is 1. The Hall–Kier alpha value is -2.10.